The van der Waals surface area contributed by atoms with Crippen molar-refractivity contribution >= 4 is 22.5 Å². The minimum Gasteiger partial charge on any atom is -0.484 e. The van der Waals surface area contributed by atoms with Crippen molar-refractivity contribution < 1.29 is 4.74 Å². The maximum absolute atomic E-state index is 6.13. The lowest BCUT2D eigenvalue weighted by Crippen LogP contribution is -2.45. The summed E-state index contributed by atoms with van der Waals surface area (Å²) in [5.41, 5.74) is 2.64. The number of fused-ring (bicyclic) bond motifs is 2. The number of aromatic amines is 1. The van der Waals surface area contributed by atoms with E-state index in [2.05, 4.69) is 39.8 Å². The lowest BCUT2D eigenvalue weighted by atomic mass is 10.0. The van der Waals surface area contributed by atoms with Gasteiger partial charge in [0, 0.05) is 12.3 Å². The van der Waals surface area contributed by atoms with E-state index in [9.17, 15) is 0 Å². The number of H-pyrrole nitrogens is 1. The van der Waals surface area contributed by atoms with Crippen LogP contribution in [0.1, 0.15) is 13.8 Å². The fraction of sp³-hybridized carbons (Fsp3) is 0.250. The maximum Gasteiger partial charge on any atom is 0.146 e. The van der Waals surface area contributed by atoms with E-state index < -0.39 is 0 Å². The Bertz CT molecular complexity index is 794. The van der Waals surface area contributed by atoms with Crippen molar-refractivity contribution in [3.8, 4) is 5.75 Å². The molecule has 0 saturated carbocycles. The molecule has 5 nitrogen and oxygen atoms in total. The molecule has 106 valence electrons. The van der Waals surface area contributed by atoms with Crippen LogP contribution in [0.5, 0.6) is 5.75 Å². The van der Waals surface area contributed by atoms with Crippen molar-refractivity contribution in [3.05, 3.63) is 42.9 Å². The summed E-state index contributed by atoms with van der Waals surface area (Å²) in [6.45, 7) is 4.91. The number of hydrogen-bond acceptors (Lipinski definition) is 4. The molecule has 0 bridgehead atoms. The summed E-state index contributed by atoms with van der Waals surface area (Å²) < 4.78 is 6.13. The van der Waals surface area contributed by atoms with Crippen molar-refractivity contribution in [2.24, 2.45) is 0 Å². The van der Waals surface area contributed by atoms with E-state index >= 15 is 0 Å². The molecule has 0 amide bonds. The number of anilines is 2. The molecule has 0 aliphatic carbocycles. The molecular formula is C16H16N4O. The summed E-state index contributed by atoms with van der Waals surface area (Å²) in [6.07, 6.45) is 3.51. The van der Waals surface area contributed by atoms with Gasteiger partial charge in [-0.3, -0.25) is 0 Å². The minimum atomic E-state index is -0.283. The van der Waals surface area contributed by atoms with Crippen molar-refractivity contribution in [2.75, 3.05) is 11.4 Å². The van der Waals surface area contributed by atoms with Gasteiger partial charge < -0.3 is 14.6 Å². The molecule has 0 spiro atoms. The zero-order valence-electron chi connectivity index (χ0n) is 12.0. The standard InChI is InChI=1S/C16H16N4O/c1-16(2)9-20(15-5-3-4-6-17-15)13-7-11-12(19-10-18-11)8-14(13)21-16/h3-8,10H,9H2,1-2H3,(H,18,19). The number of nitrogens with one attached hydrogen (secondary N) is 1. The fourth-order valence-electron chi connectivity index (χ4n) is 2.76. The topological polar surface area (TPSA) is 54.0 Å². The molecule has 3 heterocycles. The van der Waals surface area contributed by atoms with Crippen LogP contribution in [0, 0.1) is 0 Å². The van der Waals surface area contributed by atoms with Gasteiger partial charge in [-0.05, 0) is 32.0 Å². The lowest BCUT2D eigenvalue weighted by Gasteiger charge is -2.40. The van der Waals surface area contributed by atoms with E-state index in [1.807, 2.05) is 30.5 Å². The van der Waals surface area contributed by atoms with Gasteiger partial charge in [-0.1, -0.05) is 6.07 Å². The number of benzene rings is 1. The number of imidazole rings is 1. The SMILES string of the molecule is CC1(C)CN(c2ccccn2)c2cc3[nH]cnc3cc2O1. The van der Waals surface area contributed by atoms with Crippen LogP contribution >= 0.6 is 0 Å². The molecule has 3 aromatic rings. The first-order chi connectivity index (χ1) is 10.1. The molecule has 0 fully saturated rings. The molecule has 4 rings (SSSR count). The molecule has 1 aliphatic heterocycles. The highest BCUT2D eigenvalue weighted by atomic mass is 16.5. The van der Waals surface area contributed by atoms with Gasteiger partial charge in [-0.2, -0.15) is 0 Å². The third-order valence-electron chi connectivity index (χ3n) is 3.64. The zero-order valence-corrected chi connectivity index (χ0v) is 12.0. The highest BCUT2D eigenvalue weighted by molar-refractivity contribution is 5.85. The van der Waals surface area contributed by atoms with Crippen LogP contribution in [0.3, 0.4) is 0 Å². The summed E-state index contributed by atoms with van der Waals surface area (Å²) in [7, 11) is 0. The van der Waals surface area contributed by atoms with E-state index in [1.54, 1.807) is 6.33 Å². The zero-order chi connectivity index (χ0) is 14.4. The first kappa shape index (κ1) is 12.2. The molecule has 21 heavy (non-hydrogen) atoms. The van der Waals surface area contributed by atoms with Crippen LogP contribution in [-0.4, -0.2) is 27.1 Å². The van der Waals surface area contributed by atoms with E-state index in [4.69, 9.17) is 4.74 Å². The van der Waals surface area contributed by atoms with Crippen LogP contribution in [0.4, 0.5) is 11.5 Å². The van der Waals surface area contributed by atoms with Crippen molar-refractivity contribution in [1.82, 2.24) is 15.0 Å². The number of ether oxygens (including phenoxy) is 1. The minimum absolute atomic E-state index is 0.283. The second-order valence-corrected chi connectivity index (χ2v) is 5.88. The van der Waals surface area contributed by atoms with E-state index in [1.165, 1.54) is 0 Å². The van der Waals surface area contributed by atoms with Gasteiger partial charge in [0.2, 0.25) is 0 Å². The Morgan fingerprint density at radius 3 is 2.95 bits per heavy atom. The number of rotatable bonds is 1. The number of aromatic nitrogens is 3. The van der Waals surface area contributed by atoms with Crippen LogP contribution in [0.15, 0.2) is 42.9 Å². The smallest absolute Gasteiger partial charge is 0.146 e. The Morgan fingerprint density at radius 2 is 2.14 bits per heavy atom. The maximum atomic E-state index is 6.13. The Labute approximate surface area is 122 Å². The van der Waals surface area contributed by atoms with Gasteiger partial charge >= 0.3 is 0 Å². The Morgan fingerprint density at radius 1 is 1.24 bits per heavy atom. The van der Waals surface area contributed by atoms with Gasteiger partial charge in [-0.25, -0.2) is 9.97 Å². The first-order valence-electron chi connectivity index (χ1n) is 6.97. The quantitative estimate of drug-likeness (QED) is 0.743. The molecule has 0 atom stereocenters. The second-order valence-electron chi connectivity index (χ2n) is 5.88. The Kier molecular flexibility index (Phi) is 2.45. The predicted octanol–water partition coefficient (Wildman–Crippen LogP) is 3.27. The van der Waals surface area contributed by atoms with Gasteiger partial charge in [0.25, 0.3) is 0 Å². The summed E-state index contributed by atoms with van der Waals surface area (Å²) in [6, 6.07) is 10.00. The predicted molar refractivity (Wildman–Crippen MR) is 82.0 cm³/mol. The normalized spacial score (nSPS) is 16.6. The molecule has 0 radical (unpaired) electrons. The Balaban J connectivity index is 1.92. The monoisotopic (exact) mass is 280 g/mol. The first-order valence-corrected chi connectivity index (χ1v) is 6.97. The molecule has 5 heteroatoms. The number of nitrogens with zero attached hydrogens (tertiary/aromatic N) is 3. The number of pyridine rings is 1. The molecule has 0 unspecified atom stereocenters. The van der Waals surface area contributed by atoms with Gasteiger partial charge in [0.1, 0.15) is 17.2 Å². The van der Waals surface area contributed by atoms with Crippen LogP contribution in [-0.2, 0) is 0 Å². The highest BCUT2D eigenvalue weighted by Gasteiger charge is 2.33. The number of hydrogen-bond donors (Lipinski definition) is 1. The van der Waals surface area contributed by atoms with Crippen molar-refractivity contribution in [3.63, 3.8) is 0 Å². The summed E-state index contributed by atoms with van der Waals surface area (Å²) >= 11 is 0. The molecule has 1 N–H and O–H groups in total. The van der Waals surface area contributed by atoms with Crippen LogP contribution < -0.4 is 9.64 Å². The average molecular weight is 280 g/mol. The van der Waals surface area contributed by atoms with Gasteiger partial charge in [0.15, 0.2) is 0 Å². The Hall–Kier alpha value is -2.56. The van der Waals surface area contributed by atoms with E-state index in [0.717, 1.165) is 34.8 Å². The summed E-state index contributed by atoms with van der Waals surface area (Å²) in [4.78, 5) is 14.1. The highest BCUT2D eigenvalue weighted by Crippen LogP contribution is 2.42. The second kappa shape index (κ2) is 4.22. The van der Waals surface area contributed by atoms with Crippen LogP contribution in [0.2, 0.25) is 0 Å². The van der Waals surface area contributed by atoms with Crippen LogP contribution in [0.25, 0.3) is 11.0 Å². The molecule has 0 saturated heterocycles. The molecule has 1 aromatic carbocycles. The van der Waals surface area contributed by atoms with E-state index in [0.29, 0.717) is 0 Å². The average Bonchev–Trinajstić information content (AvgIpc) is 2.91. The summed E-state index contributed by atoms with van der Waals surface area (Å²) in [5.74, 6) is 1.77. The van der Waals surface area contributed by atoms with E-state index in [-0.39, 0.29) is 5.60 Å². The third-order valence-corrected chi connectivity index (χ3v) is 3.64. The third kappa shape index (κ3) is 2.01. The van der Waals surface area contributed by atoms with Crippen molar-refractivity contribution in [2.45, 2.75) is 19.4 Å². The van der Waals surface area contributed by atoms with Crippen molar-refractivity contribution in [1.29, 1.82) is 0 Å². The lowest BCUT2D eigenvalue weighted by molar-refractivity contribution is 0.109. The molecule has 2 aromatic heterocycles. The summed E-state index contributed by atoms with van der Waals surface area (Å²) in [5, 5.41) is 0. The molecular weight excluding hydrogens is 264 g/mol. The van der Waals surface area contributed by atoms with Gasteiger partial charge in [-0.15, -0.1) is 0 Å². The van der Waals surface area contributed by atoms with Gasteiger partial charge in [0.05, 0.1) is 29.6 Å². The molecule has 1 aliphatic rings. The fourth-order valence-corrected chi connectivity index (χ4v) is 2.76. The largest absolute Gasteiger partial charge is 0.484 e.